The molecule has 3 heterocycles. The van der Waals surface area contributed by atoms with Gasteiger partial charge in [0, 0.05) is 43.6 Å². The van der Waals surface area contributed by atoms with Gasteiger partial charge in [0.05, 0.1) is 27.6 Å². The third kappa shape index (κ3) is 4.55. The fraction of sp³-hybridized carbons (Fsp3) is 0.0566. The molecule has 0 saturated carbocycles. The number of para-hydroxylation sites is 4. The van der Waals surface area contributed by atoms with Gasteiger partial charge in [0.25, 0.3) is 0 Å². The lowest BCUT2D eigenvalue weighted by Crippen LogP contribution is -2.14. The van der Waals surface area contributed by atoms with Gasteiger partial charge in [0.15, 0.2) is 5.82 Å². The molecule has 0 unspecified atom stereocenters. The summed E-state index contributed by atoms with van der Waals surface area (Å²) in [6.45, 7) is 4.64. The summed E-state index contributed by atoms with van der Waals surface area (Å²) in [5.74, 6) is 1.61. The van der Waals surface area contributed by atoms with E-state index >= 15 is 0 Å². The summed E-state index contributed by atoms with van der Waals surface area (Å²) in [6, 6.07) is 65.8. The molecular weight excluding hydrogens is 693 g/mol. The zero-order valence-corrected chi connectivity index (χ0v) is 31.6. The molecule has 0 radical (unpaired) electrons. The molecule has 8 aromatic carbocycles. The Morgan fingerprint density at radius 2 is 0.947 bits per heavy atom. The van der Waals surface area contributed by atoms with Crippen LogP contribution in [0.3, 0.4) is 0 Å². The molecule has 57 heavy (non-hydrogen) atoms. The van der Waals surface area contributed by atoms with Crippen LogP contribution in [0.5, 0.6) is 0 Å². The van der Waals surface area contributed by atoms with Crippen LogP contribution >= 0.6 is 0 Å². The molecule has 0 amide bonds. The van der Waals surface area contributed by atoms with Crippen LogP contribution < -0.4 is 0 Å². The molecule has 1 aliphatic rings. The average molecular weight is 729 g/mol. The number of nitrogens with zero attached hydrogens (tertiary/aromatic N) is 4. The van der Waals surface area contributed by atoms with Gasteiger partial charge < -0.3 is 4.57 Å². The van der Waals surface area contributed by atoms with Gasteiger partial charge >= 0.3 is 0 Å². The second kappa shape index (κ2) is 11.8. The number of fused-ring (bicyclic) bond motifs is 10. The van der Waals surface area contributed by atoms with Crippen LogP contribution in [0.15, 0.2) is 182 Å². The Hall–Kier alpha value is -7.30. The van der Waals surface area contributed by atoms with Crippen molar-refractivity contribution in [1.29, 1.82) is 0 Å². The minimum Gasteiger partial charge on any atom is -0.309 e. The Balaban J connectivity index is 1.11. The minimum absolute atomic E-state index is 0.122. The number of rotatable bonds is 4. The van der Waals surface area contributed by atoms with Gasteiger partial charge in [-0.1, -0.05) is 147 Å². The Morgan fingerprint density at radius 1 is 0.404 bits per heavy atom. The van der Waals surface area contributed by atoms with E-state index in [1.54, 1.807) is 0 Å². The maximum absolute atomic E-state index is 5.57. The van der Waals surface area contributed by atoms with Crippen molar-refractivity contribution in [3.05, 3.63) is 193 Å². The maximum Gasteiger partial charge on any atom is 0.162 e. The highest BCUT2D eigenvalue weighted by Gasteiger charge is 2.37. The molecule has 0 fully saturated rings. The van der Waals surface area contributed by atoms with Gasteiger partial charge in [-0.25, -0.2) is 9.97 Å². The summed E-state index contributed by atoms with van der Waals surface area (Å²) in [7, 11) is 0. The summed E-state index contributed by atoms with van der Waals surface area (Å²) in [5.41, 5.74) is 15.1. The van der Waals surface area contributed by atoms with Crippen LogP contribution in [0.25, 0.3) is 99.7 Å². The first kappa shape index (κ1) is 32.0. The second-order valence-corrected chi connectivity index (χ2v) is 15.8. The van der Waals surface area contributed by atoms with Crippen molar-refractivity contribution in [1.82, 2.24) is 19.1 Å². The van der Waals surface area contributed by atoms with Gasteiger partial charge in [-0.2, -0.15) is 0 Å². The SMILES string of the molecule is CC1(C)c2ccccc2-c2c(-c3nc(-n4c5ccccc5c5ccc(-c6ccc7c8ccccc8n(-c8ccccc8)c7c6)cc54)c4ccccc4n3)cccc21. The van der Waals surface area contributed by atoms with Gasteiger partial charge in [0.2, 0.25) is 0 Å². The summed E-state index contributed by atoms with van der Waals surface area (Å²) >= 11 is 0. The molecule has 12 rings (SSSR count). The maximum atomic E-state index is 5.57. The molecule has 0 aliphatic heterocycles. The molecule has 0 N–H and O–H groups in total. The smallest absolute Gasteiger partial charge is 0.162 e. The standard InChI is InChI=1S/C53H36N4/c1-53(2)43-22-10-6-19-40(43)50-42(21-14-23-44(50)53)51-54-45-24-11-7-20-41(45)52(55-51)57-47-26-13-9-18-37(47)39-30-28-34(32-49(39)57)33-27-29-38-36-17-8-12-25-46(36)56(48(38)31-33)35-15-4-3-5-16-35/h3-32H,1-2H3. The van der Waals surface area contributed by atoms with Gasteiger partial charge in [-0.15, -0.1) is 0 Å². The Labute approximate surface area is 329 Å². The van der Waals surface area contributed by atoms with Crippen molar-refractivity contribution in [2.75, 3.05) is 0 Å². The van der Waals surface area contributed by atoms with Crippen LogP contribution in [-0.2, 0) is 5.41 Å². The summed E-state index contributed by atoms with van der Waals surface area (Å²) in [6.07, 6.45) is 0. The Kier molecular flexibility index (Phi) is 6.65. The molecule has 0 atom stereocenters. The average Bonchev–Trinajstić information content (AvgIpc) is 3.86. The number of benzene rings is 8. The number of aromatic nitrogens is 4. The van der Waals surface area contributed by atoms with E-state index in [1.165, 1.54) is 54.8 Å². The van der Waals surface area contributed by atoms with E-state index < -0.39 is 0 Å². The van der Waals surface area contributed by atoms with Gasteiger partial charge in [0.1, 0.15) is 5.82 Å². The Morgan fingerprint density at radius 3 is 1.68 bits per heavy atom. The third-order valence-corrected chi connectivity index (χ3v) is 12.3. The molecule has 1 aliphatic carbocycles. The van der Waals surface area contributed by atoms with Crippen LogP contribution in [0, 0.1) is 0 Å². The van der Waals surface area contributed by atoms with E-state index in [2.05, 4.69) is 205 Å². The van der Waals surface area contributed by atoms with Crippen LogP contribution in [-0.4, -0.2) is 19.1 Å². The van der Waals surface area contributed by atoms with Crippen molar-refractivity contribution in [3.63, 3.8) is 0 Å². The largest absolute Gasteiger partial charge is 0.309 e. The topological polar surface area (TPSA) is 35.6 Å². The minimum atomic E-state index is -0.122. The first-order valence-electron chi connectivity index (χ1n) is 19.7. The van der Waals surface area contributed by atoms with E-state index in [-0.39, 0.29) is 5.41 Å². The zero-order chi connectivity index (χ0) is 37.8. The first-order chi connectivity index (χ1) is 28.0. The molecule has 3 aromatic heterocycles. The van der Waals surface area contributed by atoms with Crippen molar-refractivity contribution < 1.29 is 0 Å². The summed E-state index contributed by atoms with van der Waals surface area (Å²) < 4.78 is 4.75. The fourth-order valence-corrected chi connectivity index (χ4v) is 9.68. The molecule has 268 valence electrons. The second-order valence-electron chi connectivity index (χ2n) is 15.8. The lowest BCUT2D eigenvalue weighted by Gasteiger charge is -2.21. The zero-order valence-electron chi connectivity index (χ0n) is 31.6. The van der Waals surface area contributed by atoms with Gasteiger partial charge in [-0.05, 0) is 81.9 Å². The molecule has 0 saturated heterocycles. The fourth-order valence-electron chi connectivity index (χ4n) is 9.68. The van der Waals surface area contributed by atoms with Crippen LogP contribution in [0.1, 0.15) is 25.0 Å². The van der Waals surface area contributed by atoms with E-state index in [0.717, 1.165) is 56.0 Å². The van der Waals surface area contributed by atoms with Crippen molar-refractivity contribution >= 4 is 54.5 Å². The highest BCUT2D eigenvalue weighted by molar-refractivity contribution is 6.13. The van der Waals surface area contributed by atoms with Crippen molar-refractivity contribution in [2.24, 2.45) is 0 Å². The predicted molar refractivity (Wildman–Crippen MR) is 237 cm³/mol. The summed E-state index contributed by atoms with van der Waals surface area (Å²) in [4.78, 5) is 10.9. The molecular formula is C53H36N4. The van der Waals surface area contributed by atoms with Gasteiger partial charge in [-0.3, -0.25) is 4.57 Å². The molecule has 0 bridgehead atoms. The number of hydrogen-bond acceptors (Lipinski definition) is 2. The summed E-state index contributed by atoms with van der Waals surface area (Å²) in [5, 5.41) is 5.89. The van der Waals surface area contributed by atoms with Crippen molar-refractivity contribution in [2.45, 2.75) is 19.3 Å². The van der Waals surface area contributed by atoms with Crippen LogP contribution in [0.2, 0.25) is 0 Å². The predicted octanol–water partition coefficient (Wildman–Crippen LogP) is 13.5. The lowest BCUT2D eigenvalue weighted by molar-refractivity contribution is 0.660. The monoisotopic (exact) mass is 728 g/mol. The highest BCUT2D eigenvalue weighted by Crippen LogP contribution is 2.52. The van der Waals surface area contributed by atoms with E-state index in [1.807, 2.05) is 0 Å². The molecule has 4 nitrogen and oxygen atoms in total. The normalized spacial score (nSPS) is 13.2. The first-order valence-corrected chi connectivity index (χ1v) is 19.7. The van der Waals surface area contributed by atoms with E-state index in [4.69, 9.17) is 9.97 Å². The molecule has 4 heteroatoms. The van der Waals surface area contributed by atoms with Crippen molar-refractivity contribution in [3.8, 4) is 45.1 Å². The van der Waals surface area contributed by atoms with Crippen LogP contribution in [0.4, 0.5) is 0 Å². The third-order valence-electron chi connectivity index (χ3n) is 12.3. The van der Waals surface area contributed by atoms with E-state index in [9.17, 15) is 0 Å². The Bertz CT molecular complexity index is 3440. The highest BCUT2D eigenvalue weighted by atomic mass is 15.1. The number of hydrogen-bond donors (Lipinski definition) is 0. The van der Waals surface area contributed by atoms with E-state index in [0.29, 0.717) is 0 Å². The molecule has 11 aromatic rings. The lowest BCUT2D eigenvalue weighted by atomic mass is 9.82. The quantitative estimate of drug-likeness (QED) is 0.181. The molecule has 0 spiro atoms.